The van der Waals surface area contributed by atoms with Crippen molar-refractivity contribution >= 4 is 5.69 Å². The molecule has 1 rings (SSSR count). The number of nitrogens with one attached hydrogen (secondary N) is 1. The van der Waals surface area contributed by atoms with Gasteiger partial charge in [-0.2, -0.15) is 0 Å². The molecule has 0 spiro atoms. The fourth-order valence-corrected chi connectivity index (χ4v) is 0.773. The minimum atomic E-state index is -2.92. The maximum atomic E-state index is 12.0. The molecule has 13 heavy (non-hydrogen) atoms. The summed E-state index contributed by atoms with van der Waals surface area (Å²) in [5.74, 6) is 0. The summed E-state index contributed by atoms with van der Waals surface area (Å²) in [7, 11) is 0. The molecule has 0 atom stereocenters. The van der Waals surface area contributed by atoms with Crippen LogP contribution in [0.2, 0.25) is 0 Å². The molecule has 1 aromatic rings. The van der Waals surface area contributed by atoms with Crippen molar-refractivity contribution in [2.45, 2.75) is 6.43 Å². The molecule has 5 nitrogen and oxygen atoms in total. The molecule has 1 aromatic heterocycles. The van der Waals surface area contributed by atoms with E-state index in [2.05, 4.69) is 0 Å². The highest BCUT2D eigenvalue weighted by atomic mass is 19.3. The predicted octanol–water partition coefficient (Wildman–Crippen LogP) is 1.22. The Morgan fingerprint density at radius 3 is 2.54 bits per heavy atom. The van der Waals surface area contributed by atoms with Gasteiger partial charge in [-0.25, -0.2) is 8.78 Å². The van der Waals surface area contributed by atoms with Crippen LogP contribution in [0, 0.1) is 10.1 Å². The fraction of sp³-hybridized carbons (Fsp3) is 0.167. The van der Waals surface area contributed by atoms with E-state index in [1.165, 1.54) is 0 Å². The molecule has 0 aliphatic rings. The molecule has 0 saturated carbocycles. The highest BCUT2D eigenvalue weighted by molar-refractivity contribution is 5.29. The molecule has 0 unspecified atom stereocenters. The summed E-state index contributed by atoms with van der Waals surface area (Å²) in [4.78, 5) is 21.7. The largest absolute Gasteiger partial charge is 0.321 e. The molecule has 1 N–H and O–H groups in total. The van der Waals surface area contributed by atoms with E-state index in [1.807, 2.05) is 0 Å². The molecule has 7 heteroatoms. The average molecular weight is 190 g/mol. The third-order valence-corrected chi connectivity index (χ3v) is 1.30. The minimum absolute atomic E-state index is 0.631. The molecule has 0 saturated heterocycles. The Kier molecular flexibility index (Phi) is 2.36. The van der Waals surface area contributed by atoms with Gasteiger partial charge in [0.2, 0.25) is 0 Å². The van der Waals surface area contributed by atoms with E-state index in [-0.39, 0.29) is 0 Å². The van der Waals surface area contributed by atoms with Crippen LogP contribution in [0.25, 0.3) is 0 Å². The summed E-state index contributed by atoms with van der Waals surface area (Å²) in [6.07, 6.45) is -2.92. The second-order valence-electron chi connectivity index (χ2n) is 2.22. The Morgan fingerprint density at radius 2 is 2.08 bits per heavy atom. The van der Waals surface area contributed by atoms with Gasteiger partial charge in [0.05, 0.1) is 16.7 Å². The van der Waals surface area contributed by atoms with Crippen molar-refractivity contribution < 1.29 is 13.7 Å². The standard InChI is InChI=1S/C6H4F2N2O3/c7-6(8)4-1-3(10(12)13)2-5(11)9-4/h1-2,6H,(H,9,11). The van der Waals surface area contributed by atoms with E-state index in [0.29, 0.717) is 12.1 Å². The Hall–Kier alpha value is -1.79. The summed E-state index contributed by atoms with van der Waals surface area (Å²) < 4.78 is 24.0. The quantitative estimate of drug-likeness (QED) is 0.562. The maximum absolute atomic E-state index is 12.0. The molecule has 0 aliphatic heterocycles. The topological polar surface area (TPSA) is 76.0 Å². The van der Waals surface area contributed by atoms with E-state index in [4.69, 9.17) is 0 Å². The van der Waals surface area contributed by atoms with Crippen LogP contribution in [0.4, 0.5) is 14.5 Å². The molecule has 0 amide bonds. The molecule has 70 valence electrons. The number of aromatic amines is 1. The van der Waals surface area contributed by atoms with Crippen molar-refractivity contribution in [2.24, 2.45) is 0 Å². The molecule has 1 heterocycles. The van der Waals surface area contributed by atoms with Gasteiger partial charge in [-0.15, -0.1) is 0 Å². The zero-order valence-corrected chi connectivity index (χ0v) is 6.16. The first-order chi connectivity index (χ1) is 6.00. The highest BCUT2D eigenvalue weighted by Crippen LogP contribution is 2.18. The minimum Gasteiger partial charge on any atom is -0.321 e. The number of hydrogen-bond donors (Lipinski definition) is 1. The third kappa shape index (κ3) is 2.08. The van der Waals surface area contributed by atoms with Gasteiger partial charge in [0.25, 0.3) is 17.7 Å². The zero-order valence-electron chi connectivity index (χ0n) is 6.16. The van der Waals surface area contributed by atoms with Crippen LogP contribution >= 0.6 is 0 Å². The average Bonchev–Trinajstić information content (AvgIpc) is 2.03. The van der Waals surface area contributed by atoms with E-state index >= 15 is 0 Å². The summed E-state index contributed by atoms with van der Waals surface area (Å²) in [6.45, 7) is 0. The third-order valence-electron chi connectivity index (χ3n) is 1.30. The number of alkyl halides is 2. The number of hydrogen-bond acceptors (Lipinski definition) is 3. The van der Waals surface area contributed by atoms with Crippen molar-refractivity contribution in [3.8, 4) is 0 Å². The Labute approximate surface area is 70.2 Å². The number of aromatic nitrogens is 1. The van der Waals surface area contributed by atoms with Gasteiger partial charge in [0, 0.05) is 6.07 Å². The fourth-order valence-electron chi connectivity index (χ4n) is 0.773. The Balaban J connectivity index is 3.27. The van der Waals surface area contributed by atoms with E-state index in [9.17, 15) is 23.7 Å². The monoisotopic (exact) mass is 190 g/mol. The van der Waals surface area contributed by atoms with Crippen LogP contribution in [0.15, 0.2) is 16.9 Å². The van der Waals surface area contributed by atoms with Crippen molar-refractivity contribution in [1.82, 2.24) is 4.98 Å². The van der Waals surface area contributed by atoms with Crippen LogP contribution < -0.4 is 5.56 Å². The highest BCUT2D eigenvalue weighted by Gasteiger charge is 2.14. The van der Waals surface area contributed by atoms with E-state index in [0.717, 1.165) is 0 Å². The van der Waals surface area contributed by atoms with Gasteiger partial charge >= 0.3 is 0 Å². The Morgan fingerprint density at radius 1 is 1.46 bits per heavy atom. The van der Waals surface area contributed by atoms with Gasteiger partial charge in [0.15, 0.2) is 0 Å². The van der Waals surface area contributed by atoms with Gasteiger partial charge in [-0.1, -0.05) is 0 Å². The lowest BCUT2D eigenvalue weighted by Crippen LogP contribution is -2.09. The van der Waals surface area contributed by atoms with Crippen molar-refractivity contribution in [2.75, 3.05) is 0 Å². The van der Waals surface area contributed by atoms with E-state index < -0.39 is 28.3 Å². The molecule has 0 radical (unpaired) electrons. The van der Waals surface area contributed by atoms with Crippen LogP contribution in [0.1, 0.15) is 12.1 Å². The van der Waals surface area contributed by atoms with Crippen LogP contribution in [-0.2, 0) is 0 Å². The number of pyridine rings is 1. The van der Waals surface area contributed by atoms with Crippen LogP contribution in [0.3, 0.4) is 0 Å². The van der Waals surface area contributed by atoms with Gasteiger partial charge in [0.1, 0.15) is 0 Å². The lowest BCUT2D eigenvalue weighted by atomic mass is 10.3. The number of H-pyrrole nitrogens is 1. The van der Waals surface area contributed by atoms with E-state index in [1.54, 1.807) is 4.98 Å². The predicted molar refractivity (Wildman–Crippen MR) is 38.7 cm³/mol. The van der Waals surface area contributed by atoms with Gasteiger partial charge in [-0.05, 0) is 0 Å². The van der Waals surface area contributed by atoms with Crippen LogP contribution in [0.5, 0.6) is 0 Å². The molecule has 0 bridgehead atoms. The summed E-state index contributed by atoms with van der Waals surface area (Å²) in [5, 5.41) is 10.1. The van der Waals surface area contributed by atoms with Crippen LogP contribution in [-0.4, -0.2) is 9.91 Å². The Bertz CT molecular complexity index is 388. The van der Waals surface area contributed by atoms with Gasteiger partial charge in [-0.3, -0.25) is 14.9 Å². The molecule has 0 fully saturated rings. The lowest BCUT2D eigenvalue weighted by molar-refractivity contribution is -0.385. The second kappa shape index (κ2) is 3.30. The van der Waals surface area contributed by atoms with Crippen molar-refractivity contribution in [3.63, 3.8) is 0 Å². The number of nitro groups is 1. The zero-order chi connectivity index (χ0) is 10.0. The molecule has 0 aliphatic carbocycles. The number of rotatable bonds is 2. The summed E-state index contributed by atoms with van der Waals surface area (Å²) in [6, 6.07) is 1.28. The smallest absolute Gasteiger partial charge is 0.278 e. The lowest BCUT2D eigenvalue weighted by Gasteiger charge is -1.97. The summed E-state index contributed by atoms with van der Waals surface area (Å²) in [5.41, 5.74) is -2.30. The maximum Gasteiger partial charge on any atom is 0.278 e. The van der Waals surface area contributed by atoms with Crippen molar-refractivity contribution in [3.05, 3.63) is 38.3 Å². The van der Waals surface area contributed by atoms with Crippen molar-refractivity contribution in [1.29, 1.82) is 0 Å². The first kappa shape index (κ1) is 9.30. The van der Waals surface area contributed by atoms with Gasteiger partial charge < -0.3 is 4.98 Å². The normalized spacial score (nSPS) is 10.4. The molecule has 0 aromatic carbocycles. The molecular weight excluding hydrogens is 186 g/mol. The first-order valence-electron chi connectivity index (χ1n) is 3.17. The number of nitrogens with zero attached hydrogens (tertiary/aromatic N) is 1. The first-order valence-corrected chi connectivity index (χ1v) is 3.17. The SMILES string of the molecule is O=c1cc([N+](=O)[O-])cc(C(F)F)[nH]1. The number of halogens is 2. The summed E-state index contributed by atoms with van der Waals surface area (Å²) >= 11 is 0. The molecular formula is C6H4F2N2O3. The second-order valence-corrected chi connectivity index (χ2v) is 2.22.